The number of nitrogens with zero attached hydrogens (tertiary/aromatic N) is 4. The van der Waals surface area contributed by atoms with Crippen molar-refractivity contribution in [2.24, 2.45) is 5.92 Å². The maximum absolute atomic E-state index is 11.9. The van der Waals surface area contributed by atoms with E-state index in [9.17, 15) is 4.79 Å². The van der Waals surface area contributed by atoms with Gasteiger partial charge in [-0.05, 0) is 49.9 Å². The first-order valence-electron chi connectivity index (χ1n) is 8.67. The number of carbonyl (C=O) groups excluding carboxylic acids is 1. The topological polar surface area (TPSA) is 84.7 Å². The van der Waals surface area contributed by atoms with Crippen LogP contribution in [0.5, 0.6) is 0 Å². The summed E-state index contributed by atoms with van der Waals surface area (Å²) in [6.45, 7) is 1.92. The van der Waals surface area contributed by atoms with Gasteiger partial charge in [-0.3, -0.25) is 9.36 Å². The van der Waals surface area contributed by atoms with Crippen LogP contribution in [0.1, 0.15) is 25.1 Å². The van der Waals surface area contributed by atoms with Crippen LogP contribution < -0.4 is 10.6 Å². The average molecular weight is 348 g/mol. The number of hydrogen-bond acceptors (Lipinski definition) is 5. The molecule has 0 bridgehead atoms. The summed E-state index contributed by atoms with van der Waals surface area (Å²) in [4.78, 5) is 24.6. The van der Waals surface area contributed by atoms with Gasteiger partial charge in [0, 0.05) is 36.3 Å². The number of rotatable bonds is 6. The van der Waals surface area contributed by atoms with Crippen molar-refractivity contribution in [2.75, 3.05) is 10.6 Å². The van der Waals surface area contributed by atoms with Crippen LogP contribution >= 0.6 is 0 Å². The zero-order valence-electron chi connectivity index (χ0n) is 14.5. The Labute approximate surface area is 151 Å². The van der Waals surface area contributed by atoms with E-state index in [4.69, 9.17) is 0 Å². The molecule has 0 unspecified atom stereocenters. The molecule has 0 aliphatic heterocycles. The molecule has 1 aliphatic rings. The third-order valence-electron chi connectivity index (χ3n) is 4.34. The summed E-state index contributed by atoms with van der Waals surface area (Å²) in [7, 11) is 0. The second-order valence-electron chi connectivity index (χ2n) is 6.50. The first-order valence-corrected chi connectivity index (χ1v) is 8.67. The minimum absolute atomic E-state index is 0.0874. The van der Waals surface area contributed by atoms with Gasteiger partial charge in [0.2, 0.25) is 5.91 Å². The van der Waals surface area contributed by atoms with Gasteiger partial charge >= 0.3 is 0 Å². The van der Waals surface area contributed by atoms with Crippen molar-refractivity contribution in [1.29, 1.82) is 0 Å². The molecule has 0 spiro atoms. The molecule has 1 amide bonds. The van der Waals surface area contributed by atoms with Crippen molar-refractivity contribution in [3.8, 4) is 5.82 Å². The largest absolute Gasteiger partial charge is 0.340 e. The van der Waals surface area contributed by atoms with E-state index in [0.29, 0.717) is 18.2 Å². The van der Waals surface area contributed by atoms with Gasteiger partial charge in [0.25, 0.3) is 0 Å². The summed E-state index contributed by atoms with van der Waals surface area (Å²) in [5, 5.41) is 6.19. The highest BCUT2D eigenvalue weighted by molar-refractivity contribution is 5.91. The molecule has 0 atom stereocenters. The van der Waals surface area contributed by atoms with Gasteiger partial charge in [0.15, 0.2) is 0 Å². The summed E-state index contributed by atoms with van der Waals surface area (Å²) in [6, 6.07) is 9.46. The molecule has 2 aromatic heterocycles. The first kappa shape index (κ1) is 16.3. The molecular weight excluding hydrogens is 328 g/mol. The van der Waals surface area contributed by atoms with Gasteiger partial charge in [0.05, 0.1) is 0 Å². The van der Waals surface area contributed by atoms with Crippen molar-refractivity contribution in [2.45, 2.75) is 26.2 Å². The Kier molecular flexibility index (Phi) is 4.35. The number of nitrogens with one attached hydrogen (secondary N) is 2. The number of imidazole rings is 1. The van der Waals surface area contributed by atoms with Gasteiger partial charge in [-0.15, -0.1) is 0 Å². The number of aryl methyl sites for hydroxylation is 1. The highest BCUT2D eigenvalue weighted by atomic mass is 16.1. The molecule has 0 radical (unpaired) electrons. The Balaban J connectivity index is 1.42. The molecule has 7 heteroatoms. The zero-order chi connectivity index (χ0) is 17.9. The van der Waals surface area contributed by atoms with Gasteiger partial charge < -0.3 is 10.6 Å². The molecule has 0 saturated heterocycles. The number of carbonyl (C=O) groups is 1. The Hall–Kier alpha value is -3.22. The van der Waals surface area contributed by atoms with Crippen LogP contribution in [-0.4, -0.2) is 25.4 Å². The maximum Gasteiger partial charge on any atom is 0.224 e. The minimum atomic E-state index is 0.0874. The number of anilines is 3. The van der Waals surface area contributed by atoms with Crippen molar-refractivity contribution in [3.63, 3.8) is 0 Å². The highest BCUT2D eigenvalue weighted by Gasteiger charge is 2.24. The molecule has 26 heavy (non-hydrogen) atoms. The van der Waals surface area contributed by atoms with E-state index in [0.717, 1.165) is 23.0 Å². The van der Waals surface area contributed by atoms with Crippen LogP contribution in [-0.2, 0) is 4.79 Å². The van der Waals surface area contributed by atoms with E-state index in [2.05, 4.69) is 25.6 Å². The fourth-order valence-electron chi connectivity index (χ4n) is 2.75. The molecule has 132 valence electrons. The second-order valence-corrected chi connectivity index (χ2v) is 6.50. The van der Waals surface area contributed by atoms with E-state index >= 15 is 0 Å². The molecule has 7 nitrogen and oxygen atoms in total. The van der Waals surface area contributed by atoms with Gasteiger partial charge in [-0.25, -0.2) is 15.0 Å². The molecule has 1 fully saturated rings. The van der Waals surface area contributed by atoms with Crippen molar-refractivity contribution in [1.82, 2.24) is 19.5 Å². The third-order valence-corrected chi connectivity index (χ3v) is 4.34. The van der Waals surface area contributed by atoms with Crippen LogP contribution in [0.25, 0.3) is 5.82 Å². The van der Waals surface area contributed by atoms with Crippen LogP contribution in [0.15, 0.2) is 49.1 Å². The van der Waals surface area contributed by atoms with E-state index in [1.54, 1.807) is 6.20 Å². The van der Waals surface area contributed by atoms with Crippen LogP contribution in [0.3, 0.4) is 0 Å². The van der Waals surface area contributed by atoms with Crippen molar-refractivity contribution < 1.29 is 4.79 Å². The Morgan fingerprint density at radius 2 is 1.92 bits per heavy atom. The summed E-state index contributed by atoms with van der Waals surface area (Å²) >= 11 is 0. The fraction of sp³-hybridized carbons (Fsp3) is 0.263. The van der Waals surface area contributed by atoms with Gasteiger partial charge in [0.1, 0.15) is 23.8 Å². The number of aromatic nitrogens is 4. The lowest BCUT2D eigenvalue weighted by Gasteiger charge is -2.09. The normalized spacial score (nSPS) is 13.4. The maximum atomic E-state index is 11.9. The predicted molar refractivity (Wildman–Crippen MR) is 99.6 cm³/mol. The van der Waals surface area contributed by atoms with Crippen LogP contribution in [0.2, 0.25) is 0 Å². The Morgan fingerprint density at radius 1 is 1.15 bits per heavy atom. The lowest BCUT2D eigenvalue weighted by Crippen LogP contribution is -2.11. The summed E-state index contributed by atoms with van der Waals surface area (Å²) < 4.78 is 1.89. The van der Waals surface area contributed by atoms with E-state index in [-0.39, 0.29) is 5.91 Å². The van der Waals surface area contributed by atoms with E-state index in [1.807, 2.05) is 48.0 Å². The predicted octanol–water partition coefficient (Wildman–Crippen LogP) is 3.45. The summed E-state index contributed by atoms with van der Waals surface area (Å²) in [5.74, 6) is 2.97. The molecule has 1 saturated carbocycles. The standard InChI is InChI=1S/C19H20N6O/c1-13-20-8-9-25(13)18-11-17(21-12-22-18)23-15-4-6-16(7-5-15)24-19(26)10-14-2-3-14/h4-9,11-12,14H,2-3,10H2,1H3,(H,24,26)(H,21,22,23). The van der Waals surface area contributed by atoms with Crippen molar-refractivity contribution in [3.05, 3.63) is 54.9 Å². The number of benzene rings is 1. The third kappa shape index (κ3) is 3.88. The second kappa shape index (κ2) is 6.95. The van der Waals surface area contributed by atoms with E-state index < -0.39 is 0 Å². The number of hydrogen-bond donors (Lipinski definition) is 2. The molecule has 1 aromatic carbocycles. The Bertz CT molecular complexity index is 914. The fourth-order valence-corrected chi connectivity index (χ4v) is 2.75. The monoisotopic (exact) mass is 348 g/mol. The zero-order valence-corrected chi connectivity index (χ0v) is 14.5. The van der Waals surface area contributed by atoms with Crippen LogP contribution in [0, 0.1) is 12.8 Å². The minimum Gasteiger partial charge on any atom is -0.340 e. The van der Waals surface area contributed by atoms with Gasteiger partial charge in [-0.2, -0.15) is 0 Å². The SMILES string of the molecule is Cc1nccn1-c1cc(Nc2ccc(NC(=O)CC3CC3)cc2)ncn1. The number of amides is 1. The van der Waals surface area contributed by atoms with Crippen LogP contribution in [0.4, 0.5) is 17.2 Å². The Morgan fingerprint density at radius 3 is 2.62 bits per heavy atom. The lowest BCUT2D eigenvalue weighted by atomic mass is 10.2. The molecule has 1 aliphatic carbocycles. The highest BCUT2D eigenvalue weighted by Crippen LogP contribution is 2.32. The summed E-state index contributed by atoms with van der Waals surface area (Å²) in [6.07, 6.45) is 8.09. The average Bonchev–Trinajstić information content (AvgIpc) is 3.34. The van der Waals surface area contributed by atoms with E-state index in [1.165, 1.54) is 19.2 Å². The summed E-state index contributed by atoms with van der Waals surface area (Å²) in [5.41, 5.74) is 1.69. The molecular formula is C19H20N6O. The first-order chi connectivity index (χ1) is 12.7. The van der Waals surface area contributed by atoms with Gasteiger partial charge in [-0.1, -0.05) is 0 Å². The smallest absolute Gasteiger partial charge is 0.224 e. The molecule has 3 aromatic rings. The molecule has 2 N–H and O–H groups in total. The van der Waals surface area contributed by atoms with Crippen molar-refractivity contribution >= 4 is 23.1 Å². The molecule has 4 rings (SSSR count). The lowest BCUT2D eigenvalue weighted by molar-refractivity contribution is -0.116. The quantitative estimate of drug-likeness (QED) is 0.713. The molecule has 2 heterocycles.